The summed E-state index contributed by atoms with van der Waals surface area (Å²) in [5.74, 6) is -2.97. The largest absolute Gasteiger partial charge is 0 e. The Balaban J connectivity index is 0.000000574. The zero-order valence-electron chi connectivity index (χ0n) is 49.1. The number of aliphatic carboxylic acids is 2. The number of nitrogen functional groups attached to an aromatic ring is 3. The number of nitrogens with one attached hydrogen (secondary N) is 2. The SMILES string of the molecule is C.C.C=CC(=O)OCC.CC(=O)O.CC(=O)O.CCOC(=O)/C=C/c1c(N)ccc2c1OC(F)(F)O2.FC1(F)Oc2ccc3c(c2O1)CCCN3.Nc1c(Br)cc2c(c1Br)OC(F)(F)O2.Nc1ccc2c(c1Br)OC(F)(F)O2.O=C1CCc2c(ccc3c2OC(F)(F)O3)N1.[Cl][Sn][Cl].[Pd]. The van der Waals surface area contributed by atoms with Gasteiger partial charge in [0.05, 0.1) is 27.8 Å². The summed E-state index contributed by atoms with van der Waals surface area (Å²) in [5, 5.41) is 20.6. The third-order valence-corrected chi connectivity index (χ3v) is 13.3. The molecule has 0 fully saturated rings. The van der Waals surface area contributed by atoms with Crippen LogP contribution < -0.4 is 75.2 Å². The van der Waals surface area contributed by atoms with Crippen LogP contribution >= 0.6 is 65.6 Å². The second-order valence-corrected chi connectivity index (χ2v) is 24.7. The third-order valence-electron chi connectivity index (χ3n) is 11.1. The van der Waals surface area contributed by atoms with Crippen LogP contribution in [0.4, 0.5) is 72.3 Å². The van der Waals surface area contributed by atoms with Gasteiger partial charge in [0.25, 0.3) is 11.9 Å². The second kappa shape index (κ2) is 39.1. The number of carbonyl (C=O) groups excluding carboxylic acids is 3. The molecular formula is C57H58Br3Cl2F10N5O19PdSn. The molecule has 544 valence electrons. The predicted molar refractivity (Wildman–Crippen MR) is 343 cm³/mol. The molecule has 98 heavy (non-hydrogen) atoms. The Bertz CT molecular complexity index is 3660. The van der Waals surface area contributed by atoms with Crippen LogP contribution in [0.3, 0.4) is 0 Å². The van der Waals surface area contributed by atoms with E-state index < -0.39 is 68.3 Å². The number of alkyl halides is 10. The van der Waals surface area contributed by atoms with Crippen molar-refractivity contribution in [2.45, 2.75) is 99.7 Å². The summed E-state index contributed by atoms with van der Waals surface area (Å²) in [4.78, 5) is 50.4. The molecule has 0 saturated carbocycles. The molecule has 0 aromatic heterocycles. The Labute approximate surface area is 607 Å². The van der Waals surface area contributed by atoms with Gasteiger partial charge in [-0.25, -0.2) is 9.59 Å². The van der Waals surface area contributed by atoms with Crippen LogP contribution in [0.15, 0.2) is 86.7 Å². The Hall–Kier alpha value is -7.09. The number of benzene rings is 5. The van der Waals surface area contributed by atoms with Crippen LogP contribution in [0.25, 0.3) is 6.08 Å². The van der Waals surface area contributed by atoms with E-state index >= 15 is 0 Å². The van der Waals surface area contributed by atoms with Gasteiger partial charge in [0.15, 0.2) is 57.5 Å². The van der Waals surface area contributed by atoms with Crippen molar-refractivity contribution in [3.8, 4) is 57.5 Å². The van der Waals surface area contributed by atoms with Crippen molar-refractivity contribution in [2.75, 3.05) is 47.6 Å². The molecule has 5 aromatic rings. The smallest absolute Gasteiger partial charge is 0 e. The van der Waals surface area contributed by atoms with Gasteiger partial charge in [0.2, 0.25) is 5.91 Å². The summed E-state index contributed by atoms with van der Waals surface area (Å²) in [5.41, 5.74) is 20.3. The van der Waals surface area contributed by atoms with Crippen LogP contribution in [0, 0.1) is 0 Å². The minimum absolute atomic E-state index is 0. The maximum atomic E-state index is 13.0. The number of carboxylic acids is 2. The van der Waals surface area contributed by atoms with Gasteiger partial charge < -0.3 is 94.9 Å². The number of fused-ring (bicyclic) bond motifs is 9. The monoisotopic (exact) mass is 1840 g/mol. The van der Waals surface area contributed by atoms with E-state index in [-0.39, 0.29) is 144 Å². The number of halogens is 15. The minimum atomic E-state index is -3.73. The molecule has 41 heteroatoms. The van der Waals surface area contributed by atoms with Gasteiger partial charge in [0, 0.05) is 109 Å². The summed E-state index contributed by atoms with van der Waals surface area (Å²) in [6, 6.07) is 12.9. The molecular weight excluding hydrogens is 1780 g/mol. The summed E-state index contributed by atoms with van der Waals surface area (Å²) in [6.07, 6.45) is -12.3. The number of rotatable bonds is 5. The van der Waals surface area contributed by atoms with E-state index in [4.69, 9.17) is 54.8 Å². The molecule has 0 bridgehead atoms. The molecule has 1 amide bonds. The summed E-state index contributed by atoms with van der Waals surface area (Å²) in [7, 11) is 9.87. The fourth-order valence-electron chi connectivity index (χ4n) is 7.64. The van der Waals surface area contributed by atoms with Crippen molar-refractivity contribution < 1.29 is 155 Å². The average molecular weight is 1840 g/mol. The number of esters is 2. The van der Waals surface area contributed by atoms with E-state index in [0.717, 1.165) is 56.6 Å². The Kier molecular flexibility index (Phi) is 35.4. The zero-order chi connectivity index (χ0) is 71.6. The molecule has 10 N–H and O–H groups in total. The van der Waals surface area contributed by atoms with Crippen LogP contribution in [-0.2, 0) is 66.7 Å². The zero-order valence-corrected chi connectivity index (χ0v) is 59.8. The molecule has 0 unspecified atom stereocenters. The van der Waals surface area contributed by atoms with Crippen molar-refractivity contribution in [3.63, 3.8) is 0 Å². The first-order valence-electron chi connectivity index (χ1n) is 26.1. The molecule has 0 saturated heterocycles. The van der Waals surface area contributed by atoms with E-state index in [1.165, 1.54) is 54.6 Å². The molecule has 0 atom stereocenters. The van der Waals surface area contributed by atoms with E-state index in [2.05, 4.69) is 122 Å². The predicted octanol–water partition coefficient (Wildman–Crippen LogP) is 15.1. The van der Waals surface area contributed by atoms with Crippen molar-refractivity contribution in [2.24, 2.45) is 0 Å². The normalized spacial score (nSPS) is 15.5. The number of hydrogen-bond donors (Lipinski definition) is 7. The fourth-order valence-corrected chi connectivity index (χ4v) is 9.21. The van der Waals surface area contributed by atoms with E-state index in [1.54, 1.807) is 19.9 Å². The third kappa shape index (κ3) is 26.9. The number of nitrogens with two attached hydrogens (primary N) is 3. The number of anilines is 5. The Morgan fingerprint density at radius 2 is 0.969 bits per heavy atom. The van der Waals surface area contributed by atoms with Gasteiger partial charge in [-0.2, -0.15) is 0 Å². The first kappa shape index (κ1) is 88.9. The molecule has 24 nitrogen and oxygen atoms in total. The number of carboxylic acid groups (broad SMARTS) is 2. The van der Waals surface area contributed by atoms with Crippen molar-refractivity contribution in [1.29, 1.82) is 0 Å². The van der Waals surface area contributed by atoms with Crippen LogP contribution in [0.5, 0.6) is 57.5 Å². The van der Waals surface area contributed by atoms with Gasteiger partial charge >= 0.3 is 80.1 Å². The molecule has 12 rings (SSSR count). The van der Waals surface area contributed by atoms with Gasteiger partial charge in [-0.3, -0.25) is 14.4 Å². The minimum Gasteiger partial charge on any atom is 0 e. The molecule has 2 radical (unpaired) electrons. The average Bonchev–Trinajstić information content (AvgIpc) is 1.65. The standard InChI is InChI=1S/C12H11F2NO4.C10H7F2NO3.C10H9F2NO2.C7H3Br2F2NO2.C7H4BrF2NO2.C5H8O2.2C2H4O2.2CH4.2ClH.Pd.Sn/c1-2-17-10(16)6-3-7-8(15)4-5-9-11(7)19-12(13,14)18-9;11-10(12)15-7-3-2-6-5(9(7)16-10)1-4-8(14)13-6;11-10(12)14-8-4-3-7-6(9(8)15-10)2-1-5-13-7;8-2-1-3-6(4(9)5(2)12)14-7(10,11)13-3;8-5-3(11)1-2-4-6(5)13-7(9,10)12-4;1-3-5(6)7-4-2;2*1-2(3)4;;;;;;/h3-6H,2,15H2,1H3;2-3H,1,4H2,(H,13,14);3-4,13H,1-2,5H2;1H,12H2;1-2H,11H2;3H,1,4H2,2H3;2*1H3,(H,3,4);2*1H4;2*1H;;/q;;;;;;;;;;;;;+2/p-2/b6-3+;;;;;;;;;;;;;. The van der Waals surface area contributed by atoms with Gasteiger partial charge in [0.1, 0.15) is 0 Å². The summed E-state index contributed by atoms with van der Waals surface area (Å²) >= 11 is 8.34. The van der Waals surface area contributed by atoms with Gasteiger partial charge in [-0.05, 0) is 136 Å². The maximum Gasteiger partial charge on any atom is 0 e. The number of carbonyl (C=O) groups is 5. The van der Waals surface area contributed by atoms with Crippen molar-refractivity contribution in [1.82, 2.24) is 0 Å². The fraction of sp³-hybridized carbons (Fsp3) is 0.316. The first-order valence-corrected chi connectivity index (χ1v) is 35.8. The second-order valence-electron chi connectivity index (χ2n) is 18.0. The Morgan fingerprint density at radius 1 is 0.592 bits per heavy atom. The first-order chi connectivity index (χ1) is 44.2. The van der Waals surface area contributed by atoms with Crippen LogP contribution in [-0.4, -0.2) is 110 Å². The summed E-state index contributed by atoms with van der Waals surface area (Å²) < 4.78 is 181. The quantitative estimate of drug-likeness (QED) is 0.0282. The molecule has 5 aromatic carbocycles. The topological polar surface area (TPSA) is 339 Å². The van der Waals surface area contributed by atoms with Crippen molar-refractivity contribution in [3.05, 3.63) is 103 Å². The maximum absolute atomic E-state index is 13.0. The summed E-state index contributed by atoms with van der Waals surface area (Å²) in [6.45, 7) is 10.3. The van der Waals surface area contributed by atoms with E-state index in [0.29, 0.717) is 34.4 Å². The number of amides is 1. The molecule has 0 spiro atoms. The van der Waals surface area contributed by atoms with Crippen LogP contribution in [0.1, 0.15) is 72.1 Å². The van der Waals surface area contributed by atoms with Gasteiger partial charge in [-0.1, -0.05) is 21.4 Å². The Morgan fingerprint density at radius 3 is 1.43 bits per heavy atom. The number of hydrogen-bond acceptors (Lipinski definition) is 21. The molecule has 7 aliphatic heterocycles. The van der Waals surface area contributed by atoms with Gasteiger partial charge in [-0.15, -0.1) is 43.9 Å². The van der Waals surface area contributed by atoms with Crippen LogP contribution in [0.2, 0.25) is 0 Å². The molecule has 7 aliphatic rings. The van der Waals surface area contributed by atoms with E-state index in [9.17, 15) is 58.3 Å². The molecule has 0 aliphatic carbocycles. The number of ether oxygens (including phenoxy) is 12. The van der Waals surface area contributed by atoms with Crippen molar-refractivity contribution >= 4 is 149 Å². The van der Waals surface area contributed by atoms with E-state index in [1.807, 2.05) is 0 Å². The molecule has 7 heterocycles.